The SMILES string of the molecule is CCn1nccc1CN(CCc1ccccc1)S(=O)(=O)c1ccc(CC(C)C)cc1. The number of benzene rings is 2. The zero-order valence-corrected chi connectivity index (χ0v) is 18.8. The molecule has 0 saturated carbocycles. The highest BCUT2D eigenvalue weighted by Gasteiger charge is 2.25. The summed E-state index contributed by atoms with van der Waals surface area (Å²) in [5.41, 5.74) is 3.17. The fraction of sp³-hybridized carbons (Fsp3) is 0.375. The lowest BCUT2D eigenvalue weighted by Gasteiger charge is -2.23. The fourth-order valence-corrected chi connectivity index (χ4v) is 4.97. The highest BCUT2D eigenvalue weighted by molar-refractivity contribution is 7.89. The Labute approximate surface area is 180 Å². The van der Waals surface area contributed by atoms with E-state index in [9.17, 15) is 8.42 Å². The number of nitrogens with zero attached hydrogens (tertiary/aromatic N) is 3. The van der Waals surface area contributed by atoms with Crippen LogP contribution in [0.1, 0.15) is 37.6 Å². The van der Waals surface area contributed by atoms with E-state index in [0.717, 1.165) is 23.2 Å². The van der Waals surface area contributed by atoms with Crippen LogP contribution in [0.2, 0.25) is 0 Å². The maximum atomic E-state index is 13.5. The summed E-state index contributed by atoms with van der Waals surface area (Å²) in [6, 6.07) is 19.2. The summed E-state index contributed by atoms with van der Waals surface area (Å²) in [6.07, 6.45) is 3.32. The van der Waals surface area contributed by atoms with Gasteiger partial charge in [-0.2, -0.15) is 9.40 Å². The molecule has 0 fully saturated rings. The molecule has 0 radical (unpaired) electrons. The minimum atomic E-state index is -3.63. The summed E-state index contributed by atoms with van der Waals surface area (Å²) in [7, 11) is -3.63. The second kappa shape index (κ2) is 10.0. The highest BCUT2D eigenvalue weighted by Crippen LogP contribution is 2.21. The Morgan fingerprint density at radius 3 is 2.30 bits per heavy atom. The normalized spacial score (nSPS) is 12.0. The summed E-state index contributed by atoms with van der Waals surface area (Å²) >= 11 is 0. The second-order valence-electron chi connectivity index (χ2n) is 7.95. The van der Waals surface area contributed by atoms with E-state index in [1.54, 1.807) is 22.6 Å². The van der Waals surface area contributed by atoms with Crippen LogP contribution in [0.3, 0.4) is 0 Å². The van der Waals surface area contributed by atoms with E-state index < -0.39 is 10.0 Å². The van der Waals surface area contributed by atoms with Crippen LogP contribution in [0, 0.1) is 5.92 Å². The molecule has 0 aliphatic heterocycles. The summed E-state index contributed by atoms with van der Waals surface area (Å²) in [5, 5.41) is 4.30. The quantitative estimate of drug-likeness (QED) is 0.479. The van der Waals surface area contributed by atoms with Crippen molar-refractivity contribution in [3.63, 3.8) is 0 Å². The van der Waals surface area contributed by atoms with Crippen molar-refractivity contribution in [2.75, 3.05) is 6.54 Å². The Balaban J connectivity index is 1.86. The molecule has 0 aliphatic carbocycles. The van der Waals surface area contributed by atoms with Gasteiger partial charge in [0.25, 0.3) is 0 Å². The molecule has 1 aromatic heterocycles. The highest BCUT2D eigenvalue weighted by atomic mass is 32.2. The van der Waals surface area contributed by atoms with Crippen LogP contribution in [0.25, 0.3) is 0 Å². The zero-order chi connectivity index (χ0) is 21.6. The van der Waals surface area contributed by atoms with Crippen LogP contribution in [0.15, 0.2) is 71.8 Å². The van der Waals surface area contributed by atoms with Gasteiger partial charge in [0, 0.05) is 19.3 Å². The number of hydrogen-bond donors (Lipinski definition) is 0. The van der Waals surface area contributed by atoms with Crippen molar-refractivity contribution in [1.29, 1.82) is 0 Å². The number of rotatable bonds is 10. The Hall–Kier alpha value is -2.44. The van der Waals surface area contributed by atoms with Crippen LogP contribution < -0.4 is 0 Å². The van der Waals surface area contributed by atoms with E-state index >= 15 is 0 Å². The first-order valence-corrected chi connectivity index (χ1v) is 12.0. The zero-order valence-electron chi connectivity index (χ0n) is 18.0. The molecule has 6 heteroatoms. The van der Waals surface area contributed by atoms with Gasteiger partial charge in [-0.25, -0.2) is 8.42 Å². The molecule has 30 heavy (non-hydrogen) atoms. The molecule has 0 amide bonds. The lowest BCUT2D eigenvalue weighted by atomic mass is 10.0. The first-order chi connectivity index (χ1) is 14.4. The summed E-state index contributed by atoms with van der Waals surface area (Å²) in [6.45, 7) is 7.75. The van der Waals surface area contributed by atoms with Gasteiger partial charge in [0.05, 0.1) is 17.1 Å². The van der Waals surface area contributed by atoms with Crippen molar-refractivity contribution >= 4 is 10.0 Å². The molecular weight excluding hydrogens is 394 g/mol. The van der Waals surface area contributed by atoms with Gasteiger partial charge < -0.3 is 0 Å². The van der Waals surface area contributed by atoms with E-state index in [1.807, 2.05) is 60.1 Å². The van der Waals surface area contributed by atoms with E-state index in [1.165, 1.54) is 0 Å². The Kier molecular flexibility index (Phi) is 7.45. The third-order valence-corrected chi connectivity index (χ3v) is 7.00. The predicted molar refractivity (Wildman–Crippen MR) is 121 cm³/mol. The number of hydrogen-bond acceptors (Lipinski definition) is 3. The summed E-state index contributed by atoms with van der Waals surface area (Å²) in [4.78, 5) is 0.339. The molecule has 0 aliphatic rings. The van der Waals surface area contributed by atoms with Gasteiger partial charge in [-0.05, 0) is 55.0 Å². The van der Waals surface area contributed by atoms with Crippen molar-refractivity contribution in [3.05, 3.63) is 83.7 Å². The van der Waals surface area contributed by atoms with E-state index in [0.29, 0.717) is 36.9 Å². The van der Waals surface area contributed by atoms with Crippen LogP contribution in [-0.2, 0) is 36.0 Å². The second-order valence-corrected chi connectivity index (χ2v) is 9.89. The average molecular weight is 426 g/mol. The minimum absolute atomic E-state index is 0.302. The summed E-state index contributed by atoms with van der Waals surface area (Å²) in [5.74, 6) is 0.532. The lowest BCUT2D eigenvalue weighted by Crippen LogP contribution is -2.33. The van der Waals surface area contributed by atoms with Crippen molar-refractivity contribution < 1.29 is 8.42 Å². The van der Waals surface area contributed by atoms with Gasteiger partial charge >= 0.3 is 0 Å². The standard InChI is InChI=1S/C24H31N3O2S/c1-4-27-23(14-16-25-27)19-26(17-15-21-8-6-5-7-9-21)30(28,29)24-12-10-22(11-13-24)18-20(2)3/h5-14,16,20H,4,15,17-19H2,1-3H3. The Morgan fingerprint density at radius 1 is 0.967 bits per heavy atom. The van der Waals surface area contributed by atoms with E-state index in [4.69, 9.17) is 0 Å². The average Bonchev–Trinajstić information content (AvgIpc) is 3.19. The molecule has 0 N–H and O–H groups in total. The molecule has 0 spiro atoms. The van der Waals surface area contributed by atoms with E-state index in [-0.39, 0.29) is 0 Å². The van der Waals surface area contributed by atoms with Gasteiger partial charge in [-0.15, -0.1) is 0 Å². The van der Waals surface area contributed by atoms with E-state index in [2.05, 4.69) is 18.9 Å². The minimum Gasteiger partial charge on any atom is -0.269 e. The molecule has 160 valence electrons. The molecule has 3 aromatic rings. The molecule has 1 heterocycles. The molecule has 0 saturated heterocycles. The smallest absolute Gasteiger partial charge is 0.243 e. The third kappa shape index (κ3) is 5.58. The maximum absolute atomic E-state index is 13.5. The molecule has 0 unspecified atom stereocenters. The largest absolute Gasteiger partial charge is 0.269 e. The third-order valence-electron chi connectivity index (χ3n) is 5.14. The monoisotopic (exact) mass is 425 g/mol. The molecule has 3 rings (SSSR count). The first kappa shape index (κ1) is 22.2. The maximum Gasteiger partial charge on any atom is 0.243 e. The van der Waals surface area contributed by atoms with Crippen LogP contribution in [-0.4, -0.2) is 29.0 Å². The topological polar surface area (TPSA) is 55.2 Å². The van der Waals surface area contributed by atoms with Gasteiger partial charge in [-0.1, -0.05) is 56.3 Å². The van der Waals surface area contributed by atoms with Gasteiger partial charge in [0.2, 0.25) is 10.0 Å². The van der Waals surface area contributed by atoms with Crippen molar-refractivity contribution in [2.45, 2.75) is 51.6 Å². The molecule has 2 aromatic carbocycles. The van der Waals surface area contributed by atoms with Crippen LogP contribution >= 0.6 is 0 Å². The molecule has 5 nitrogen and oxygen atoms in total. The van der Waals surface area contributed by atoms with Gasteiger partial charge in [0.1, 0.15) is 0 Å². The van der Waals surface area contributed by atoms with Crippen molar-refractivity contribution in [3.8, 4) is 0 Å². The lowest BCUT2D eigenvalue weighted by molar-refractivity contribution is 0.394. The van der Waals surface area contributed by atoms with Crippen molar-refractivity contribution in [2.24, 2.45) is 5.92 Å². The number of aryl methyl sites for hydroxylation is 1. The molecular formula is C24H31N3O2S. The van der Waals surface area contributed by atoms with Crippen LogP contribution in [0.4, 0.5) is 0 Å². The van der Waals surface area contributed by atoms with Crippen molar-refractivity contribution in [1.82, 2.24) is 14.1 Å². The first-order valence-electron chi connectivity index (χ1n) is 10.5. The number of aromatic nitrogens is 2. The van der Waals surface area contributed by atoms with Gasteiger partial charge in [-0.3, -0.25) is 4.68 Å². The van der Waals surface area contributed by atoms with Crippen LogP contribution in [0.5, 0.6) is 0 Å². The Bertz CT molecular complexity index is 1030. The summed E-state index contributed by atoms with van der Waals surface area (Å²) < 4.78 is 30.4. The Morgan fingerprint density at radius 2 is 1.67 bits per heavy atom. The molecule has 0 bridgehead atoms. The predicted octanol–water partition coefficient (Wildman–Crippen LogP) is 4.54. The number of sulfonamides is 1. The molecule has 0 atom stereocenters. The fourth-order valence-electron chi connectivity index (χ4n) is 3.56. The van der Waals surface area contributed by atoms with Gasteiger partial charge in [0.15, 0.2) is 0 Å².